The van der Waals surface area contributed by atoms with Crippen LogP contribution in [0.25, 0.3) is 10.9 Å². The second-order valence-corrected chi connectivity index (χ2v) is 8.77. The minimum absolute atomic E-state index is 0.104. The van der Waals surface area contributed by atoms with Crippen LogP contribution in [0.15, 0.2) is 67.6 Å². The zero-order chi connectivity index (χ0) is 25.9. The number of rotatable bonds is 8. The number of methoxy groups -OCH3 is 1. The second-order valence-electron chi connectivity index (χ2n) is 8.77. The second kappa shape index (κ2) is 10.1. The van der Waals surface area contributed by atoms with E-state index in [0.717, 1.165) is 28.1 Å². The van der Waals surface area contributed by atoms with Gasteiger partial charge in [0.25, 0.3) is 0 Å². The Morgan fingerprint density at radius 2 is 1.89 bits per heavy atom. The van der Waals surface area contributed by atoms with Crippen molar-refractivity contribution in [2.45, 2.75) is 20.0 Å². The van der Waals surface area contributed by atoms with Crippen molar-refractivity contribution in [3.05, 3.63) is 78.9 Å². The lowest BCUT2D eigenvalue weighted by Gasteiger charge is -2.38. The third kappa shape index (κ3) is 5.16. The number of fused-ring (bicyclic) bond motifs is 1. The van der Waals surface area contributed by atoms with Gasteiger partial charge in [0.2, 0.25) is 5.91 Å². The molecule has 188 valence electrons. The lowest BCUT2D eigenvalue weighted by molar-refractivity contribution is -0.134. The van der Waals surface area contributed by atoms with E-state index in [1.807, 2.05) is 56.3 Å². The predicted octanol–water partition coefficient (Wildman–Crippen LogP) is 4.96. The molecule has 0 atom stereocenters. The molecule has 0 radical (unpaired) electrons. The molecule has 1 amide bonds. The molecule has 0 bridgehead atoms. The Hall–Kier alpha value is -4.66. The molecule has 0 aliphatic carbocycles. The van der Waals surface area contributed by atoms with Crippen LogP contribution in [0.2, 0.25) is 0 Å². The van der Waals surface area contributed by atoms with Crippen LogP contribution in [-0.4, -0.2) is 52.1 Å². The van der Waals surface area contributed by atoms with Gasteiger partial charge >= 0.3 is 0 Å². The molecule has 3 heterocycles. The monoisotopic (exact) mass is 497 g/mol. The first-order valence-corrected chi connectivity index (χ1v) is 11.8. The standard InChI is InChI=1S/C28H27N5O4/c1-5-27(34)33-14-21(15-33)37-26-11-22-23(12-25(26)35-4)30-16-31-28(22)32-19-7-9-24(17(2)10-19)36-20-8-6-18(3)29-13-20/h5-13,16,21H,1,14-15H2,2-4H3,(H,30,31,32). The van der Waals surface area contributed by atoms with Crippen molar-refractivity contribution in [2.24, 2.45) is 0 Å². The summed E-state index contributed by atoms with van der Waals surface area (Å²) in [6.45, 7) is 8.43. The molecule has 4 aromatic rings. The average molecular weight is 498 g/mol. The van der Waals surface area contributed by atoms with Crippen molar-refractivity contribution in [1.82, 2.24) is 19.9 Å². The Labute approximate surface area is 214 Å². The highest BCUT2D eigenvalue weighted by molar-refractivity contribution is 5.93. The van der Waals surface area contributed by atoms with E-state index >= 15 is 0 Å². The molecule has 0 spiro atoms. The number of amides is 1. The largest absolute Gasteiger partial charge is 0.493 e. The Kier molecular flexibility index (Phi) is 6.59. The van der Waals surface area contributed by atoms with Crippen LogP contribution in [0.4, 0.5) is 11.5 Å². The lowest BCUT2D eigenvalue weighted by atomic mass is 10.1. The molecule has 0 saturated carbocycles. The molecule has 1 fully saturated rings. The number of anilines is 2. The number of nitrogens with one attached hydrogen (secondary N) is 1. The molecular weight excluding hydrogens is 470 g/mol. The number of ether oxygens (including phenoxy) is 3. The van der Waals surface area contributed by atoms with Gasteiger partial charge in [-0.2, -0.15) is 0 Å². The van der Waals surface area contributed by atoms with Crippen molar-refractivity contribution in [1.29, 1.82) is 0 Å². The van der Waals surface area contributed by atoms with Gasteiger partial charge in [-0.3, -0.25) is 9.78 Å². The van der Waals surface area contributed by atoms with E-state index in [9.17, 15) is 4.79 Å². The van der Waals surface area contributed by atoms with Crippen LogP contribution >= 0.6 is 0 Å². The Bertz CT molecular complexity index is 1470. The van der Waals surface area contributed by atoms with Crippen molar-refractivity contribution < 1.29 is 19.0 Å². The fourth-order valence-corrected chi connectivity index (χ4v) is 4.04. The number of carbonyl (C=O) groups is 1. The summed E-state index contributed by atoms with van der Waals surface area (Å²) in [4.78, 5) is 26.6. The summed E-state index contributed by atoms with van der Waals surface area (Å²) in [5.41, 5.74) is 3.45. The number of aryl methyl sites for hydroxylation is 2. The normalized spacial score (nSPS) is 13.1. The molecule has 1 saturated heterocycles. The van der Waals surface area contributed by atoms with E-state index in [1.54, 1.807) is 18.2 Å². The molecule has 0 unspecified atom stereocenters. The SMILES string of the molecule is C=CC(=O)N1CC(Oc2cc3c(Nc4ccc(Oc5ccc(C)nc5)c(C)c4)ncnc3cc2OC)C1. The molecule has 1 aliphatic rings. The molecular formula is C28H27N5O4. The number of nitrogens with zero attached hydrogens (tertiary/aromatic N) is 4. The molecule has 9 heteroatoms. The predicted molar refractivity (Wildman–Crippen MR) is 141 cm³/mol. The molecule has 37 heavy (non-hydrogen) atoms. The Morgan fingerprint density at radius 1 is 1.05 bits per heavy atom. The van der Waals surface area contributed by atoms with Crippen LogP contribution in [0, 0.1) is 13.8 Å². The lowest BCUT2D eigenvalue weighted by Crippen LogP contribution is -2.55. The molecule has 9 nitrogen and oxygen atoms in total. The quantitative estimate of drug-likeness (QED) is 0.341. The first kappa shape index (κ1) is 24.1. The van der Waals surface area contributed by atoms with E-state index in [1.165, 1.54) is 12.4 Å². The van der Waals surface area contributed by atoms with E-state index in [-0.39, 0.29) is 12.0 Å². The van der Waals surface area contributed by atoms with Crippen molar-refractivity contribution in [3.63, 3.8) is 0 Å². The molecule has 2 aromatic heterocycles. The van der Waals surface area contributed by atoms with Gasteiger partial charge in [0.05, 0.1) is 31.9 Å². The average Bonchev–Trinajstić information content (AvgIpc) is 2.88. The topological polar surface area (TPSA) is 98.7 Å². The highest BCUT2D eigenvalue weighted by atomic mass is 16.5. The van der Waals surface area contributed by atoms with Gasteiger partial charge in [0, 0.05) is 22.8 Å². The molecule has 2 aromatic carbocycles. The first-order valence-electron chi connectivity index (χ1n) is 11.8. The van der Waals surface area contributed by atoms with E-state index in [4.69, 9.17) is 14.2 Å². The third-order valence-electron chi connectivity index (χ3n) is 6.10. The van der Waals surface area contributed by atoms with Gasteiger partial charge < -0.3 is 24.4 Å². The van der Waals surface area contributed by atoms with Gasteiger partial charge in [0.1, 0.15) is 29.7 Å². The fourth-order valence-electron chi connectivity index (χ4n) is 4.04. The highest BCUT2D eigenvalue weighted by Gasteiger charge is 2.31. The minimum Gasteiger partial charge on any atom is -0.493 e. The van der Waals surface area contributed by atoms with Crippen molar-refractivity contribution in [2.75, 3.05) is 25.5 Å². The van der Waals surface area contributed by atoms with E-state index in [0.29, 0.717) is 41.7 Å². The van der Waals surface area contributed by atoms with Gasteiger partial charge in [0.15, 0.2) is 11.5 Å². The van der Waals surface area contributed by atoms with E-state index < -0.39 is 0 Å². The van der Waals surface area contributed by atoms with Crippen LogP contribution in [-0.2, 0) is 4.79 Å². The molecule has 1 aliphatic heterocycles. The van der Waals surface area contributed by atoms with Crippen LogP contribution in [0.3, 0.4) is 0 Å². The molecule has 5 rings (SSSR count). The minimum atomic E-state index is -0.129. The molecule has 1 N–H and O–H groups in total. The summed E-state index contributed by atoms with van der Waals surface area (Å²) < 4.78 is 17.7. The number of hydrogen-bond acceptors (Lipinski definition) is 8. The summed E-state index contributed by atoms with van der Waals surface area (Å²) >= 11 is 0. The maximum absolute atomic E-state index is 11.7. The summed E-state index contributed by atoms with van der Waals surface area (Å²) in [5.74, 6) is 3.08. The van der Waals surface area contributed by atoms with Crippen LogP contribution in [0.1, 0.15) is 11.3 Å². The van der Waals surface area contributed by atoms with Crippen LogP contribution < -0.4 is 19.5 Å². The van der Waals surface area contributed by atoms with Gasteiger partial charge in [-0.05, 0) is 61.9 Å². The fraction of sp³-hybridized carbons (Fsp3) is 0.214. The van der Waals surface area contributed by atoms with Crippen molar-refractivity contribution in [3.8, 4) is 23.0 Å². The number of hydrogen-bond donors (Lipinski definition) is 1. The smallest absolute Gasteiger partial charge is 0.246 e. The van der Waals surface area contributed by atoms with Crippen LogP contribution in [0.5, 0.6) is 23.0 Å². The van der Waals surface area contributed by atoms with Gasteiger partial charge in [-0.15, -0.1) is 0 Å². The Balaban J connectivity index is 1.37. The maximum atomic E-state index is 11.7. The van der Waals surface area contributed by atoms with Crippen molar-refractivity contribution >= 4 is 28.3 Å². The summed E-state index contributed by atoms with van der Waals surface area (Å²) in [7, 11) is 1.59. The summed E-state index contributed by atoms with van der Waals surface area (Å²) in [6.07, 6.45) is 4.39. The summed E-state index contributed by atoms with van der Waals surface area (Å²) in [5, 5.41) is 4.16. The zero-order valence-electron chi connectivity index (χ0n) is 20.9. The highest BCUT2D eigenvalue weighted by Crippen LogP contribution is 2.36. The first-order chi connectivity index (χ1) is 17.9. The number of aromatic nitrogens is 3. The zero-order valence-corrected chi connectivity index (χ0v) is 20.9. The summed E-state index contributed by atoms with van der Waals surface area (Å²) in [6, 6.07) is 13.3. The number of pyridine rings is 1. The number of benzene rings is 2. The van der Waals surface area contributed by atoms with Gasteiger partial charge in [-0.1, -0.05) is 6.58 Å². The Morgan fingerprint density at radius 3 is 2.59 bits per heavy atom. The maximum Gasteiger partial charge on any atom is 0.246 e. The third-order valence-corrected chi connectivity index (χ3v) is 6.10. The van der Waals surface area contributed by atoms with Gasteiger partial charge in [-0.25, -0.2) is 9.97 Å². The van der Waals surface area contributed by atoms with E-state index in [2.05, 4.69) is 26.8 Å². The number of likely N-dealkylation sites (tertiary alicyclic amines) is 1. The number of carbonyl (C=O) groups excluding carboxylic acids is 1.